The molecule has 0 heterocycles. The molecule has 0 amide bonds. The lowest BCUT2D eigenvalue weighted by Crippen LogP contribution is -2.13. The highest BCUT2D eigenvalue weighted by molar-refractivity contribution is 7.81. The fraction of sp³-hybridized carbons (Fsp3) is 1.00. The van der Waals surface area contributed by atoms with E-state index in [1.807, 2.05) is 0 Å². The fourth-order valence-corrected chi connectivity index (χ4v) is 0.394. The van der Waals surface area contributed by atoms with Crippen molar-refractivity contribution >= 4 is 10.4 Å². The second-order valence-corrected chi connectivity index (χ2v) is 2.24. The molecule has 6 heteroatoms. The van der Waals surface area contributed by atoms with Gasteiger partial charge in [0.25, 0.3) is 0 Å². The minimum absolute atomic E-state index is 0.393. The summed E-state index contributed by atoms with van der Waals surface area (Å²) >= 11 is 0. The van der Waals surface area contributed by atoms with Gasteiger partial charge in [0.05, 0.1) is 7.11 Å². The van der Waals surface area contributed by atoms with Gasteiger partial charge in [0.2, 0.25) is 0 Å². The van der Waals surface area contributed by atoms with Crippen molar-refractivity contribution in [3.05, 3.63) is 0 Å². The van der Waals surface area contributed by atoms with Gasteiger partial charge in [0.1, 0.15) is 6.73 Å². The van der Waals surface area contributed by atoms with Crippen LogP contribution in [0.4, 0.5) is 0 Å². The van der Waals surface area contributed by atoms with E-state index < -0.39 is 17.1 Å². The molecule has 2 N–H and O–H groups in total. The molecule has 50 valence electrons. The Labute approximate surface area is 47.7 Å². The van der Waals surface area contributed by atoms with Crippen molar-refractivity contribution in [3.63, 3.8) is 0 Å². The lowest BCUT2D eigenvalue weighted by Gasteiger charge is -1.95. The van der Waals surface area contributed by atoms with Gasteiger partial charge in [0, 0.05) is 0 Å². The van der Waals surface area contributed by atoms with E-state index in [0.717, 1.165) is 7.11 Å². The van der Waals surface area contributed by atoms with E-state index in [9.17, 15) is 8.42 Å². The third kappa shape index (κ3) is 2.92. The summed E-state index contributed by atoms with van der Waals surface area (Å²) in [5, 5.41) is 0. The molecule has 0 aliphatic heterocycles. The summed E-state index contributed by atoms with van der Waals surface area (Å²) in [5.74, 6) is 0. The van der Waals surface area contributed by atoms with E-state index in [1.165, 1.54) is 0 Å². The topological polar surface area (TPSA) is 78.6 Å². The van der Waals surface area contributed by atoms with Crippen molar-refractivity contribution in [3.8, 4) is 0 Å². The van der Waals surface area contributed by atoms with Crippen LogP contribution in [0.3, 0.4) is 0 Å². The third-order valence-electron chi connectivity index (χ3n) is 0.417. The van der Waals surface area contributed by atoms with Gasteiger partial charge in [-0.1, -0.05) is 0 Å². The fourth-order valence-electron chi connectivity index (χ4n) is 0.131. The lowest BCUT2D eigenvalue weighted by molar-refractivity contribution is 0.249. The van der Waals surface area contributed by atoms with Crippen LogP contribution in [0.2, 0.25) is 0 Å². The first-order valence-electron chi connectivity index (χ1n) is 1.77. The maximum absolute atomic E-state index is 10.1. The highest BCUT2D eigenvalue weighted by atomic mass is 32.3. The minimum Gasteiger partial charge on any atom is -0.307 e. The Morgan fingerprint density at radius 2 is 2.12 bits per heavy atom. The normalized spacial score (nSPS) is 11.8. The molecule has 0 aromatic heterocycles. The van der Waals surface area contributed by atoms with Gasteiger partial charge in [0.15, 0.2) is 0 Å². The summed E-state index contributed by atoms with van der Waals surface area (Å²) in [6.07, 6.45) is 0. The number of hydrogen-bond acceptors (Lipinski definition) is 5. The third-order valence-corrected chi connectivity index (χ3v) is 1.25. The average Bonchev–Trinajstić information content (AvgIpc) is 1.67. The highest BCUT2D eigenvalue weighted by Gasteiger charge is 2.04. The maximum Gasteiger partial charge on any atom is 0.400 e. The van der Waals surface area contributed by atoms with Gasteiger partial charge in [-0.15, -0.1) is 0 Å². The molecule has 0 aliphatic rings. The molecular weight excluding hydrogens is 134 g/mol. The first-order chi connectivity index (χ1) is 3.62. The van der Waals surface area contributed by atoms with Crippen LogP contribution in [0.15, 0.2) is 0 Å². The first kappa shape index (κ1) is 7.83. The van der Waals surface area contributed by atoms with Crippen LogP contribution in [0.25, 0.3) is 0 Å². The molecule has 0 unspecified atom stereocenters. The van der Waals surface area contributed by atoms with Crippen molar-refractivity contribution in [1.29, 1.82) is 0 Å². The standard InChI is InChI=1S/C2H7NO4S/c1-6-8(4,5)7-2-3/h2-3H2,1H3. The van der Waals surface area contributed by atoms with E-state index in [0.29, 0.717) is 0 Å². The lowest BCUT2D eigenvalue weighted by atomic mass is 11.4. The molecule has 0 aliphatic carbocycles. The second kappa shape index (κ2) is 2.98. The Bertz CT molecular complexity index is 138. The molecule has 0 saturated carbocycles. The molecule has 0 rings (SSSR count). The van der Waals surface area contributed by atoms with E-state index in [-0.39, 0.29) is 0 Å². The SMILES string of the molecule is COS(=O)(=O)OCN. The van der Waals surface area contributed by atoms with Crippen LogP contribution in [0.1, 0.15) is 0 Å². The highest BCUT2D eigenvalue weighted by Crippen LogP contribution is 1.87. The summed E-state index contributed by atoms with van der Waals surface area (Å²) in [4.78, 5) is 0. The van der Waals surface area contributed by atoms with Crippen LogP contribution in [0, 0.1) is 0 Å². The smallest absolute Gasteiger partial charge is 0.307 e. The van der Waals surface area contributed by atoms with Gasteiger partial charge in [-0.05, 0) is 0 Å². The molecule has 0 radical (unpaired) electrons. The van der Waals surface area contributed by atoms with Gasteiger partial charge in [-0.3, -0.25) is 4.18 Å². The van der Waals surface area contributed by atoms with Crippen LogP contribution in [0.5, 0.6) is 0 Å². The van der Waals surface area contributed by atoms with Gasteiger partial charge < -0.3 is 5.73 Å². The summed E-state index contributed by atoms with van der Waals surface area (Å²) in [6, 6.07) is 0. The average molecular weight is 141 g/mol. The molecule has 8 heavy (non-hydrogen) atoms. The van der Waals surface area contributed by atoms with Crippen molar-refractivity contribution < 1.29 is 16.8 Å². The van der Waals surface area contributed by atoms with Crippen molar-refractivity contribution in [2.45, 2.75) is 0 Å². The van der Waals surface area contributed by atoms with E-state index in [4.69, 9.17) is 5.73 Å². The Hall–Kier alpha value is -0.170. The predicted octanol–water partition coefficient (Wildman–Crippen LogP) is -1.19. The molecule has 0 fully saturated rings. The Kier molecular flexibility index (Phi) is 2.91. The van der Waals surface area contributed by atoms with Crippen LogP contribution < -0.4 is 5.73 Å². The monoisotopic (exact) mass is 141 g/mol. The molecule has 0 aromatic rings. The Morgan fingerprint density at radius 3 is 2.25 bits per heavy atom. The van der Waals surface area contributed by atoms with E-state index in [2.05, 4.69) is 8.37 Å². The predicted molar refractivity (Wildman–Crippen MR) is 26.1 cm³/mol. The molecule has 0 saturated heterocycles. The molecule has 0 atom stereocenters. The molecule has 5 nitrogen and oxygen atoms in total. The largest absolute Gasteiger partial charge is 0.400 e. The Morgan fingerprint density at radius 1 is 1.62 bits per heavy atom. The summed E-state index contributed by atoms with van der Waals surface area (Å²) in [6.45, 7) is -0.393. The number of hydrogen-bond donors (Lipinski definition) is 1. The second-order valence-electron chi connectivity index (χ2n) is 0.859. The maximum atomic E-state index is 10.1. The van der Waals surface area contributed by atoms with Crippen LogP contribution in [-0.2, 0) is 18.8 Å². The number of nitrogens with two attached hydrogens (primary N) is 1. The van der Waals surface area contributed by atoms with E-state index >= 15 is 0 Å². The minimum atomic E-state index is -3.79. The van der Waals surface area contributed by atoms with E-state index in [1.54, 1.807) is 0 Å². The molecular formula is C2H7NO4S. The number of rotatable bonds is 3. The quantitative estimate of drug-likeness (QED) is 0.500. The van der Waals surface area contributed by atoms with Crippen molar-refractivity contribution in [2.24, 2.45) is 5.73 Å². The zero-order valence-electron chi connectivity index (χ0n) is 4.33. The van der Waals surface area contributed by atoms with Crippen LogP contribution in [-0.4, -0.2) is 22.3 Å². The van der Waals surface area contributed by atoms with Crippen molar-refractivity contribution in [1.82, 2.24) is 0 Å². The van der Waals surface area contributed by atoms with Gasteiger partial charge >= 0.3 is 10.4 Å². The zero-order chi connectivity index (χ0) is 6.62. The van der Waals surface area contributed by atoms with Gasteiger partial charge in [-0.25, -0.2) is 4.18 Å². The summed E-state index contributed by atoms with van der Waals surface area (Å²) in [7, 11) is -2.80. The van der Waals surface area contributed by atoms with Crippen LogP contribution >= 0.6 is 0 Å². The first-order valence-corrected chi connectivity index (χ1v) is 3.11. The summed E-state index contributed by atoms with van der Waals surface area (Å²) < 4.78 is 27.9. The Balaban J connectivity index is 3.76. The summed E-state index contributed by atoms with van der Waals surface area (Å²) in [5.41, 5.74) is 4.71. The van der Waals surface area contributed by atoms with Crippen molar-refractivity contribution in [2.75, 3.05) is 13.8 Å². The molecule has 0 aromatic carbocycles. The molecule has 0 spiro atoms. The van der Waals surface area contributed by atoms with Gasteiger partial charge in [-0.2, -0.15) is 8.42 Å². The zero-order valence-corrected chi connectivity index (χ0v) is 5.14. The molecule has 0 bridgehead atoms.